The summed E-state index contributed by atoms with van der Waals surface area (Å²) in [5, 5.41) is 0.586. The number of benzene rings is 2. The van der Waals surface area contributed by atoms with E-state index in [1.807, 2.05) is 11.8 Å². The van der Waals surface area contributed by atoms with Crippen molar-refractivity contribution < 1.29 is 23.5 Å². The maximum atomic E-state index is 13.5. The van der Waals surface area contributed by atoms with Gasteiger partial charge >= 0.3 is 5.97 Å². The number of ether oxygens (including phenoxy) is 1. The van der Waals surface area contributed by atoms with Crippen molar-refractivity contribution in [2.45, 2.75) is 32.5 Å². The molecular weight excluding hydrogens is 425 g/mol. The highest BCUT2D eigenvalue weighted by atomic mass is 19.1. The molecule has 1 aromatic heterocycles. The van der Waals surface area contributed by atoms with Crippen molar-refractivity contribution in [3.05, 3.63) is 71.2 Å². The van der Waals surface area contributed by atoms with Gasteiger partial charge in [0.1, 0.15) is 5.82 Å². The number of halogens is 1. The number of piperazine rings is 1. The van der Waals surface area contributed by atoms with Crippen molar-refractivity contribution in [1.82, 2.24) is 14.8 Å². The molecule has 1 N–H and O–H groups in total. The summed E-state index contributed by atoms with van der Waals surface area (Å²) in [5.41, 5.74) is 2.36. The van der Waals surface area contributed by atoms with Gasteiger partial charge in [0.25, 0.3) is 11.7 Å². The minimum atomic E-state index is -0.947. The number of ketones is 1. The Kier molecular flexibility index (Phi) is 6.29. The smallest absolute Gasteiger partial charge is 0.379 e. The lowest BCUT2D eigenvalue weighted by Gasteiger charge is -2.44. The highest BCUT2D eigenvalue weighted by molar-refractivity contribution is 6.41. The van der Waals surface area contributed by atoms with E-state index in [9.17, 15) is 18.8 Å². The molecule has 0 radical (unpaired) electrons. The lowest BCUT2D eigenvalue weighted by Crippen LogP contribution is -2.57. The first-order valence-corrected chi connectivity index (χ1v) is 10.8. The number of Topliss-reactive ketones (excluding diaryl/α,β-unsaturated/α-hetero) is 1. The van der Waals surface area contributed by atoms with Crippen LogP contribution in [0.1, 0.15) is 40.1 Å². The minimum Gasteiger partial charge on any atom is -0.463 e. The van der Waals surface area contributed by atoms with E-state index in [1.165, 1.54) is 18.2 Å². The van der Waals surface area contributed by atoms with Crippen LogP contribution in [-0.4, -0.2) is 64.7 Å². The summed E-state index contributed by atoms with van der Waals surface area (Å²) in [5.74, 6) is -2.09. The molecule has 0 unspecified atom stereocenters. The topological polar surface area (TPSA) is 82.7 Å². The predicted octanol–water partition coefficient (Wildman–Crippen LogP) is 3.40. The third-order valence-corrected chi connectivity index (χ3v) is 6.22. The van der Waals surface area contributed by atoms with E-state index < -0.39 is 11.8 Å². The zero-order chi connectivity index (χ0) is 23.7. The van der Waals surface area contributed by atoms with Crippen LogP contribution in [-0.2, 0) is 16.1 Å². The summed E-state index contributed by atoms with van der Waals surface area (Å²) in [4.78, 5) is 44.5. The molecule has 2 heterocycles. The molecule has 4 rings (SSSR count). The van der Waals surface area contributed by atoms with Crippen LogP contribution < -0.4 is 0 Å². The number of H-pyrrole nitrogens is 1. The van der Waals surface area contributed by atoms with Gasteiger partial charge in [-0.05, 0) is 49.7 Å². The molecule has 8 heteroatoms. The first-order chi connectivity index (χ1) is 15.8. The number of aromatic nitrogens is 1. The molecule has 1 saturated heterocycles. The summed E-state index contributed by atoms with van der Waals surface area (Å²) < 4.78 is 17.7. The SMILES string of the molecule is COC(=O)C(=O)c1ccc2[nH]cc(C(=O)N3C[C@H](C)N(Cc4ccc(F)cc4)C[C@H]3C)c2c1. The highest BCUT2D eigenvalue weighted by Crippen LogP contribution is 2.25. The number of carbonyl (C=O) groups is 3. The third-order valence-electron chi connectivity index (χ3n) is 6.22. The third kappa shape index (κ3) is 4.52. The van der Waals surface area contributed by atoms with E-state index in [0.29, 0.717) is 36.1 Å². The monoisotopic (exact) mass is 451 g/mol. The number of methoxy groups -OCH3 is 1. The van der Waals surface area contributed by atoms with Gasteiger partial charge in [-0.25, -0.2) is 9.18 Å². The number of amides is 1. The molecule has 1 fully saturated rings. The van der Waals surface area contributed by atoms with Crippen LogP contribution in [0, 0.1) is 5.82 Å². The average molecular weight is 451 g/mol. The van der Waals surface area contributed by atoms with Crippen molar-refractivity contribution in [3.63, 3.8) is 0 Å². The van der Waals surface area contributed by atoms with Crippen LogP contribution in [0.4, 0.5) is 4.39 Å². The van der Waals surface area contributed by atoms with Gasteiger partial charge in [0.15, 0.2) is 0 Å². The molecule has 33 heavy (non-hydrogen) atoms. The van der Waals surface area contributed by atoms with Crippen LogP contribution in [0.15, 0.2) is 48.7 Å². The Morgan fingerprint density at radius 3 is 2.48 bits per heavy atom. The van der Waals surface area contributed by atoms with Gasteiger partial charge in [0.2, 0.25) is 0 Å². The summed E-state index contributed by atoms with van der Waals surface area (Å²) >= 11 is 0. The molecule has 3 aromatic rings. The normalized spacial score (nSPS) is 19.0. The molecule has 2 atom stereocenters. The molecule has 0 spiro atoms. The largest absolute Gasteiger partial charge is 0.463 e. The first kappa shape index (κ1) is 22.7. The molecule has 1 aliphatic heterocycles. The van der Waals surface area contributed by atoms with Crippen molar-refractivity contribution in [2.75, 3.05) is 20.2 Å². The van der Waals surface area contributed by atoms with E-state index in [0.717, 1.165) is 12.7 Å². The van der Waals surface area contributed by atoms with Gasteiger partial charge in [0, 0.05) is 54.4 Å². The van der Waals surface area contributed by atoms with Crippen molar-refractivity contribution in [3.8, 4) is 0 Å². The maximum absolute atomic E-state index is 13.5. The molecule has 172 valence electrons. The van der Waals surface area contributed by atoms with E-state index >= 15 is 0 Å². The first-order valence-electron chi connectivity index (χ1n) is 10.8. The number of rotatable bonds is 5. The maximum Gasteiger partial charge on any atom is 0.379 e. The van der Waals surface area contributed by atoms with Crippen LogP contribution in [0.5, 0.6) is 0 Å². The summed E-state index contributed by atoms with van der Waals surface area (Å²) in [6.45, 7) is 5.97. The van der Waals surface area contributed by atoms with Gasteiger partial charge < -0.3 is 14.6 Å². The fourth-order valence-electron chi connectivity index (χ4n) is 4.33. The van der Waals surface area contributed by atoms with Crippen molar-refractivity contribution >= 4 is 28.6 Å². The summed E-state index contributed by atoms with van der Waals surface area (Å²) in [7, 11) is 1.16. The quantitative estimate of drug-likeness (QED) is 0.365. The molecule has 2 aromatic carbocycles. The number of nitrogens with one attached hydrogen (secondary N) is 1. The second-order valence-corrected chi connectivity index (χ2v) is 8.49. The molecule has 0 saturated carbocycles. The Balaban J connectivity index is 1.54. The number of hydrogen-bond acceptors (Lipinski definition) is 5. The van der Waals surface area contributed by atoms with E-state index in [4.69, 9.17) is 0 Å². The molecule has 0 bridgehead atoms. The van der Waals surface area contributed by atoms with E-state index in [-0.39, 0.29) is 29.4 Å². The molecule has 1 amide bonds. The number of aromatic amines is 1. The number of esters is 1. The van der Waals surface area contributed by atoms with Gasteiger partial charge in [-0.15, -0.1) is 0 Å². The van der Waals surface area contributed by atoms with Gasteiger partial charge in [0.05, 0.1) is 12.7 Å². The predicted molar refractivity (Wildman–Crippen MR) is 121 cm³/mol. The van der Waals surface area contributed by atoms with Gasteiger partial charge in [-0.2, -0.15) is 0 Å². The highest BCUT2D eigenvalue weighted by Gasteiger charge is 2.33. The summed E-state index contributed by atoms with van der Waals surface area (Å²) in [6.07, 6.45) is 1.64. The number of fused-ring (bicyclic) bond motifs is 1. The molecule has 7 nitrogen and oxygen atoms in total. The molecule has 0 aliphatic carbocycles. The van der Waals surface area contributed by atoms with E-state index in [1.54, 1.807) is 30.5 Å². The van der Waals surface area contributed by atoms with Crippen molar-refractivity contribution in [1.29, 1.82) is 0 Å². The average Bonchev–Trinajstić information content (AvgIpc) is 3.24. The second-order valence-electron chi connectivity index (χ2n) is 8.49. The van der Waals surface area contributed by atoms with Gasteiger partial charge in [-0.3, -0.25) is 14.5 Å². The number of nitrogens with zero attached hydrogens (tertiary/aromatic N) is 2. The molecular formula is C25H26FN3O4. The van der Waals surface area contributed by atoms with Crippen molar-refractivity contribution in [2.24, 2.45) is 0 Å². The Hall–Kier alpha value is -3.52. The second kappa shape index (κ2) is 9.15. The Labute approximate surface area is 191 Å². The Bertz CT molecular complexity index is 1200. The minimum absolute atomic E-state index is 0.0426. The van der Waals surface area contributed by atoms with Crippen LogP contribution >= 0.6 is 0 Å². The zero-order valence-electron chi connectivity index (χ0n) is 18.8. The van der Waals surface area contributed by atoms with Crippen LogP contribution in [0.25, 0.3) is 10.9 Å². The lowest BCUT2D eigenvalue weighted by atomic mass is 10.0. The lowest BCUT2D eigenvalue weighted by molar-refractivity contribution is -0.135. The van der Waals surface area contributed by atoms with Crippen LogP contribution in [0.3, 0.4) is 0 Å². The number of carbonyl (C=O) groups excluding carboxylic acids is 3. The zero-order valence-corrected chi connectivity index (χ0v) is 18.8. The van der Waals surface area contributed by atoms with Gasteiger partial charge in [-0.1, -0.05) is 12.1 Å². The fourth-order valence-corrected chi connectivity index (χ4v) is 4.33. The summed E-state index contributed by atoms with van der Waals surface area (Å²) in [6, 6.07) is 11.3. The fraction of sp³-hybridized carbons (Fsp3) is 0.320. The Morgan fingerprint density at radius 1 is 1.06 bits per heavy atom. The standard InChI is InChI=1S/C25H26FN3O4/c1-15-13-29(16(2)12-28(15)14-17-4-7-19(26)8-5-17)24(31)21-11-27-22-9-6-18(10-20(21)22)23(30)25(32)33-3/h4-11,15-16,27H,12-14H2,1-3H3/t15-,16+/m0/s1. The number of hydrogen-bond donors (Lipinski definition) is 1. The van der Waals surface area contributed by atoms with E-state index in [2.05, 4.69) is 21.5 Å². The molecule has 1 aliphatic rings. The Morgan fingerprint density at radius 2 is 1.79 bits per heavy atom. The van der Waals surface area contributed by atoms with Crippen LogP contribution in [0.2, 0.25) is 0 Å².